The molecule has 4 amide bonds. The van der Waals surface area contributed by atoms with Gasteiger partial charge in [-0.3, -0.25) is 24.5 Å². The Morgan fingerprint density at radius 1 is 1.03 bits per heavy atom. The highest BCUT2D eigenvalue weighted by molar-refractivity contribution is 6.05. The number of rotatable bonds is 3. The van der Waals surface area contributed by atoms with Gasteiger partial charge in [-0.25, -0.2) is 4.39 Å². The predicted molar refractivity (Wildman–Crippen MR) is 122 cm³/mol. The van der Waals surface area contributed by atoms with Gasteiger partial charge in [0.15, 0.2) is 0 Å². The third kappa shape index (κ3) is 3.97. The van der Waals surface area contributed by atoms with E-state index in [1.54, 1.807) is 0 Å². The van der Waals surface area contributed by atoms with Crippen LogP contribution in [0.1, 0.15) is 69.0 Å². The van der Waals surface area contributed by atoms with E-state index in [0.717, 1.165) is 16.7 Å². The second-order valence-electron chi connectivity index (χ2n) is 9.35. The van der Waals surface area contributed by atoms with Gasteiger partial charge in [-0.1, -0.05) is 17.7 Å². The molecule has 0 saturated carbocycles. The van der Waals surface area contributed by atoms with Crippen LogP contribution in [0.2, 0.25) is 0 Å². The van der Waals surface area contributed by atoms with Crippen LogP contribution < -0.4 is 5.32 Å². The summed E-state index contributed by atoms with van der Waals surface area (Å²) in [7, 11) is 0. The minimum absolute atomic E-state index is 0.0119. The fourth-order valence-corrected chi connectivity index (χ4v) is 5.29. The summed E-state index contributed by atoms with van der Waals surface area (Å²) in [6.45, 7) is 3.29. The molecule has 3 aliphatic rings. The Kier molecular flexibility index (Phi) is 5.67. The molecule has 2 fully saturated rings. The van der Waals surface area contributed by atoms with Crippen molar-refractivity contribution in [1.29, 1.82) is 0 Å². The fourth-order valence-electron chi connectivity index (χ4n) is 5.29. The number of benzene rings is 2. The fraction of sp³-hybridized carbons (Fsp3) is 0.385. The highest BCUT2D eigenvalue weighted by Gasteiger charge is 2.41. The summed E-state index contributed by atoms with van der Waals surface area (Å²) in [4.78, 5) is 53.1. The lowest BCUT2D eigenvalue weighted by molar-refractivity contribution is -0.136. The first kappa shape index (κ1) is 22.3. The number of fused-ring (bicyclic) bond motifs is 1. The number of nitrogens with zero attached hydrogens (tertiary/aromatic N) is 2. The first-order valence-corrected chi connectivity index (χ1v) is 11.6. The minimum atomic E-state index is -0.734. The lowest BCUT2D eigenvalue weighted by Gasteiger charge is -2.33. The highest BCUT2D eigenvalue weighted by atomic mass is 19.1. The van der Waals surface area contributed by atoms with Crippen LogP contribution in [0, 0.1) is 12.7 Å². The van der Waals surface area contributed by atoms with E-state index >= 15 is 0 Å². The number of halogens is 1. The molecule has 1 atom stereocenters. The molecule has 3 aliphatic heterocycles. The number of carbonyl (C=O) groups excluding carboxylic acids is 4. The molecule has 0 aliphatic carbocycles. The van der Waals surface area contributed by atoms with Crippen LogP contribution in [0.5, 0.6) is 0 Å². The van der Waals surface area contributed by atoms with E-state index < -0.39 is 17.8 Å². The smallest absolute Gasteiger partial charge is 0.255 e. The van der Waals surface area contributed by atoms with E-state index in [9.17, 15) is 23.6 Å². The molecule has 3 heterocycles. The van der Waals surface area contributed by atoms with Crippen molar-refractivity contribution in [2.24, 2.45) is 0 Å². The number of carbonyl (C=O) groups is 4. The Bertz CT molecular complexity index is 1190. The van der Waals surface area contributed by atoms with Crippen LogP contribution >= 0.6 is 0 Å². The van der Waals surface area contributed by atoms with Crippen LogP contribution in [-0.2, 0) is 16.1 Å². The standard InChI is InChI=1S/C26H26FN3O4/c1-15-2-4-17(5-3-15)25(33)29-10-8-16(9-11-29)19-12-18(27)13-20-21(19)14-30(26(20)34)22-6-7-23(31)28-24(22)32/h2-5,12-13,16,22H,6-11,14H2,1H3,(H,28,31,32). The normalized spacial score (nSPS) is 21.0. The number of aryl methyl sites for hydroxylation is 1. The molecule has 34 heavy (non-hydrogen) atoms. The Morgan fingerprint density at radius 3 is 2.41 bits per heavy atom. The third-order valence-corrected chi connectivity index (χ3v) is 7.18. The molecule has 7 nitrogen and oxygen atoms in total. The van der Waals surface area contributed by atoms with E-state index in [0.29, 0.717) is 31.5 Å². The monoisotopic (exact) mass is 463 g/mol. The number of imide groups is 1. The number of nitrogens with one attached hydrogen (secondary N) is 1. The minimum Gasteiger partial charge on any atom is -0.339 e. The predicted octanol–water partition coefficient (Wildman–Crippen LogP) is 2.91. The number of hydrogen-bond donors (Lipinski definition) is 1. The Morgan fingerprint density at radius 2 is 1.74 bits per heavy atom. The zero-order chi connectivity index (χ0) is 24.0. The number of likely N-dealkylation sites (tertiary alicyclic amines) is 1. The highest BCUT2D eigenvalue weighted by Crippen LogP contribution is 2.38. The lowest BCUT2D eigenvalue weighted by Crippen LogP contribution is -2.52. The number of hydrogen-bond acceptors (Lipinski definition) is 4. The second-order valence-corrected chi connectivity index (χ2v) is 9.35. The van der Waals surface area contributed by atoms with E-state index in [2.05, 4.69) is 5.32 Å². The van der Waals surface area contributed by atoms with Crippen molar-refractivity contribution >= 4 is 23.6 Å². The van der Waals surface area contributed by atoms with Gasteiger partial charge in [-0.2, -0.15) is 0 Å². The topological polar surface area (TPSA) is 86.8 Å². The van der Waals surface area contributed by atoms with Gasteiger partial charge in [0, 0.05) is 37.2 Å². The summed E-state index contributed by atoms with van der Waals surface area (Å²) in [5.41, 5.74) is 3.56. The molecule has 2 aromatic carbocycles. The summed E-state index contributed by atoms with van der Waals surface area (Å²) < 4.78 is 14.5. The van der Waals surface area contributed by atoms with Gasteiger partial charge in [0.25, 0.3) is 11.8 Å². The van der Waals surface area contributed by atoms with Crippen LogP contribution in [-0.4, -0.2) is 52.6 Å². The van der Waals surface area contributed by atoms with Gasteiger partial charge >= 0.3 is 0 Å². The van der Waals surface area contributed by atoms with Crippen LogP contribution in [0.4, 0.5) is 4.39 Å². The molecule has 176 valence electrons. The second kappa shape index (κ2) is 8.66. The van der Waals surface area contributed by atoms with Crippen LogP contribution in [0.15, 0.2) is 36.4 Å². The molecular formula is C26H26FN3O4. The molecule has 0 aromatic heterocycles. The lowest BCUT2D eigenvalue weighted by atomic mass is 9.85. The van der Waals surface area contributed by atoms with Crippen LogP contribution in [0.3, 0.4) is 0 Å². The summed E-state index contributed by atoms with van der Waals surface area (Å²) >= 11 is 0. The maximum Gasteiger partial charge on any atom is 0.255 e. The maximum absolute atomic E-state index is 14.5. The molecule has 0 spiro atoms. The zero-order valence-corrected chi connectivity index (χ0v) is 19.0. The summed E-state index contributed by atoms with van der Waals surface area (Å²) in [5.74, 6) is -1.68. The summed E-state index contributed by atoms with van der Waals surface area (Å²) in [6.07, 6.45) is 1.77. The van der Waals surface area contributed by atoms with Gasteiger partial charge in [-0.05, 0) is 67.5 Å². The van der Waals surface area contributed by atoms with Gasteiger partial charge in [0.2, 0.25) is 11.8 Å². The van der Waals surface area contributed by atoms with Crippen molar-refractivity contribution in [3.63, 3.8) is 0 Å². The van der Waals surface area contributed by atoms with Gasteiger partial charge in [0.05, 0.1) is 0 Å². The molecule has 2 aromatic rings. The molecule has 0 radical (unpaired) electrons. The molecule has 8 heteroatoms. The molecule has 0 bridgehead atoms. The quantitative estimate of drug-likeness (QED) is 0.710. The van der Waals surface area contributed by atoms with E-state index in [-0.39, 0.29) is 48.6 Å². The molecule has 1 unspecified atom stereocenters. The van der Waals surface area contributed by atoms with Gasteiger partial charge < -0.3 is 9.80 Å². The van der Waals surface area contributed by atoms with Crippen LogP contribution in [0.25, 0.3) is 0 Å². The maximum atomic E-state index is 14.5. The molecule has 5 rings (SSSR count). The van der Waals surface area contributed by atoms with Crippen molar-refractivity contribution in [3.05, 3.63) is 70.0 Å². The third-order valence-electron chi connectivity index (χ3n) is 7.18. The molecule has 1 N–H and O–H groups in total. The van der Waals surface area contributed by atoms with Crippen molar-refractivity contribution in [2.45, 2.75) is 51.1 Å². The first-order valence-electron chi connectivity index (χ1n) is 11.6. The summed E-state index contributed by atoms with van der Waals surface area (Å²) in [5, 5.41) is 2.29. The molecular weight excluding hydrogens is 437 g/mol. The van der Waals surface area contributed by atoms with Crippen molar-refractivity contribution in [3.8, 4) is 0 Å². The van der Waals surface area contributed by atoms with Gasteiger partial charge in [0.1, 0.15) is 11.9 Å². The van der Waals surface area contributed by atoms with E-state index in [4.69, 9.17) is 0 Å². The Balaban J connectivity index is 1.33. The van der Waals surface area contributed by atoms with E-state index in [1.807, 2.05) is 36.1 Å². The first-order chi connectivity index (χ1) is 16.3. The van der Waals surface area contributed by atoms with Crippen molar-refractivity contribution < 1.29 is 23.6 Å². The van der Waals surface area contributed by atoms with Crippen molar-refractivity contribution in [1.82, 2.24) is 15.1 Å². The van der Waals surface area contributed by atoms with Crippen molar-refractivity contribution in [2.75, 3.05) is 13.1 Å². The largest absolute Gasteiger partial charge is 0.339 e. The number of piperidine rings is 2. The average molecular weight is 464 g/mol. The summed E-state index contributed by atoms with van der Waals surface area (Å²) in [6, 6.07) is 9.49. The average Bonchev–Trinajstić information content (AvgIpc) is 3.15. The van der Waals surface area contributed by atoms with E-state index in [1.165, 1.54) is 17.0 Å². The van der Waals surface area contributed by atoms with Gasteiger partial charge in [-0.15, -0.1) is 0 Å². The number of amides is 4. The zero-order valence-electron chi connectivity index (χ0n) is 19.0. The Hall–Kier alpha value is -3.55. The SMILES string of the molecule is Cc1ccc(C(=O)N2CCC(c3cc(F)cc4c3CN(C3CCC(=O)NC3=O)C4=O)CC2)cc1. The Labute approximate surface area is 196 Å². The molecule has 2 saturated heterocycles.